The zero-order chi connectivity index (χ0) is 9.84. The first kappa shape index (κ1) is 11.5. The number of nitrogens with zero attached hydrogens (tertiary/aromatic N) is 1. The van der Waals surface area contributed by atoms with E-state index in [0.29, 0.717) is 0 Å². The summed E-state index contributed by atoms with van der Waals surface area (Å²) in [7, 11) is 0. The van der Waals surface area contributed by atoms with Crippen molar-refractivity contribution >= 4 is 15.9 Å². The molecule has 2 heteroatoms. The minimum Gasteiger partial charge on any atom is -0.300 e. The van der Waals surface area contributed by atoms with E-state index in [2.05, 4.69) is 41.6 Å². The topological polar surface area (TPSA) is 3.24 Å². The van der Waals surface area contributed by atoms with Crippen LogP contribution in [0, 0.1) is 11.8 Å². The molecule has 1 nitrogen and oxygen atoms in total. The molecule has 0 bridgehead atoms. The van der Waals surface area contributed by atoms with Crippen molar-refractivity contribution in [3.8, 4) is 0 Å². The third-order valence-electron chi connectivity index (χ3n) is 3.30. The second-order valence-electron chi connectivity index (χ2n) is 4.60. The molecule has 1 saturated heterocycles. The summed E-state index contributed by atoms with van der Waals surface area (Å²) in [5.41, 5.74) is 0. The number of halogens is 1. The minimum absolute atomic E-state index is 0.787. The lowest BCUT2D eigenvalue weighted by atomic mass is 9.86. The van der Waals surface area contributed by atoms with E-state index in [1.54, 1.807) is 0 Å². The average Bonchev–Trinajstić information content (AvgIpc) is 2.09. The van der Waals surface area contributed by atoms with E-state index in [1.807, 2.05) is 0 Å². The van der Waals surface area contributed by atoms with Gasteiger partial charge in [0.2, 0.25) is 0 Å². The number of hydrogen-bond donors (Lipinski definition) is 0. The average molecular weight is 248 g/mol. The molecule has 1 rings (SSSR count). The smallest absolute Gasteiger partial charge is 0.00927 e. The zero-order valence-corrected chi connectivity index (χ0v) is 10.7. The maximum Gasteiger partial charge on any atom is 0.00927 e. The monoisotopic (exact) mass is 247 g/mol. The summed E-state index contributed by atoms with van der Waals surface area (Å²) >= 11 is 3.50. The number of hydrogen-bond acceptors (Lipinski definition) is 1. The Labute approximate surface area is 91.0 Å². The minimum atomic E-state index is 0.787. The molecule has 0 aliphatic carbocycles. The Morgan fingerprint density at radius 3 is 2.62 bits per heavy atom. The highest BCUT2D eigenvalue weighted by atomic mass is 79.9. The van der Waals surface area contributed by atoms with Gasteiger partial charge < -0.3 is 4.90 Å². The lowest BCUT2D eigenvalue weighted by Crippen LogP contribution is -2.46. The Kier molecular flexibility index (Phi) is 4.74. The van der Waals surface area contributed by atoms with E-state index in [0.717, 1.165) is 23.2 Å². The first-order chi connectivity index (χ1) is 6.15. The molecule has 0 radical (unpaired) electrons. The van der Waals surface area contributed by atoms with E-state index >= 15 is 0 Å². The highest BCUT2D eigenvalue weighted by Gasteiger charge is 2.27. The maximum atomic E-state index is 3.50. The molecule has 78 valence electrons. The molecule has 13 heavy (non-hydrogen) atoms. The van der Waals surface area contributed by atoms with Gasteiger partial charge in [0.15, 0.2) is 0 Å². The van der Waals surface area contributed by atoms with Gasteiger partial charge in [-0.15, -0.1) is 0 Å². The van der Waals surface area contributed by atoms with E-state index in [4.69, 9.17) is 0 Å². The molecular formula is C11H22BrN. The van der Waals surface area contributed by atoms with Crippen LogP contribution in [0.25, 0.3) is 0 Å². The van der Waals surface area contributed by atoms with E-state index < -0.39 is 0 Å². The predicted octanol–water partition coefficient (Wildman–Crippen LogP) is 3.14. The van der Waals surface area contributed by atoms with Crippen LogP contribution in [0.15, 0.2) is 0 Å². The molecule has 1 fully saturated rings. The van der Waals surface area contributed by atoms with Gasteiger partial charge in [-0.1, -0.05) is 29.8 Å². The lowest BCUT2D eigenvalue weighted by molar-refractivity contribution is 0.0804. The first-order valence-corrected chi connectivity index (χ1v) is 6.57. The fraction of sp³-hybridized carbons (Fsp3) is 1.00. The van der Waals surface area contributed by atoms with Crippen LogP contribution in [0.1, 0.15) is 33.6 Å². The third-order valence-corrected chi connectivity index (χ3v) is 3.86. The second kappa shape index (κ2) is 5.35. The molecule has 0 aromatic carbocycles. The van der Waals surface area contributed by atoms with Crippen LogP contribution in [-0.4, -0.2) is 29.4 Å². The molecule has 1 aliphatic rings. The normalized spacial score (nSPS) is 36.5. The first-order valence-electron chi connectivity index (χ1n) is 5.45. The van der Waals surface area contributed by atoms with Gasteiger partial charge in [0, 0.05) is 17.9 Å². The molecule has 1 heterocycles. The van der Waals surface area contributed by atoms with Crippen LogP contribution >= 0.6 is 15.9 Å². The van der Waals surface area contributed by atoms with E-state index in [1.165, 1.54) is 25.9 Å². The van der Waals surface area contributed by atoms with E-state index in [-0.39, 0.29) is 0 Å². The highest BCUT2D eigenvalue weighted by Crippen LogP contribution is 2.26. The molecule has 3 atom stereocenters. The molecule has 0 N–H and O–H groups in total. The van der Waals surface area contributed by atoms with E-state index in [9.17, 15) is 0 Å². The van der Waals surface area contributed by atoms with Crippen LogP contribution in [0.2, 0.25) is 0 Å². The fourth-order valence-corrected chi connectivity index (χ4v) is 2.64. The van der Waals surface area contributed by atoms with Crippen molar-refractivity contribution in [1.29, 1.82) is 0 Å². The van der Waals surface area contributed by atoms with Crippen LogP contribution in [0.4, 0.5) is 0 Å². The van der Waals surface area contributed by atoms with Crippen molar-refractivity contribution in [3.63, 3.8) is 0 Å². The summed E-state index contributed by atoms with van der Waals surface area (Å²) in [5.74, 6) is 1.76. The molecule has 0 saturated carbocycles. The van der Waals surface area contributed by atoms with Crippen LogP contribution in [0.3, 0.4) is 0 Å². The lowest BCUT2D eigenvalue weighted by Gasteiger charge is -2.41. The summed E-state index contributed by atoms with van der Waals surface area (Å²) in [6.07, 6.45) is 2.69. The van der Waals surface area contributed by atoms with Gasteiger partial charge in [-0.3, -0.25) is 0 Å². The summed E-state index contributed by atoms with van der Waals surface area (Å²) in [6, 6.07) is 0.787. The molecule has 0 spiro atoms. The van der Waals surface area contributed by atoms with Gasteiger partial charge in [0.1, 0.15) is 0 Å². The highest BCUT2D eigenvalue weighted by molar-refractivity contribution is 9.09. The van der Waals surface area contributed by atoms with Gasteiger partial charge in [-0.25, -0.2) is 0 Å². The SMILES string of the molecule is CC1CC(C)C(C)N(CCCBr)C1. The van der Waals surface area contributed by atoms with Crippen LogP contribution < -0.4 is 0 Å². The Bertz CT molecular complexity index is 149. The molecule has 0 amide bonds. The third kappa shape index (κ3) is 3.25. The molecule has 1 aliphatic heterocycles. The van der Waals surface area contributed by atoms with Crippen molar-refractivity contribution in [3.05, 3.63) is 0 Å². The number of likely N-dealkylation sites (tertiary alicyclic amines) is 1. The van der Waals surface area contributed by atoms with Crippen molar-refractivity contribution in [2.24, 2.45) is 11.8 Å². The zero-order valence-electron chi connectivity index (χ0n) is 9.09. The Morgan fingerprint density at radius 1 is 1.31 bits per heavy atom. The Hall–Kier alpha value is 0.440. The summed E-state index contributed by atoms with van der Waals surface area (Å²) in [5, 5.41) is 1.14. The molecule has 0 aromatic rings. The quantitative estimate of drug-likeness (QED) is 0.693. The van der Waals surface area contributed by atoms with Crippen molar-refractivity contribution < 1.29 is 0 Å². The number of piperidine rings is 1. The van der Waals surface area contributed by atoms with Crippen LogP contribution in [0.5, 0.6) is 0 Å². The predicted molar refractivity (Wildman–Crippen MR) is 62.4 cm³/mol. The fourth-order valence-electron chi connectivity index (χ4n) is 2.39. The molecular weight excluding hydrogens is 226 g/mol. The van der Waals surface area contributed by atoms with Gasteiger partial charge in [0.05, 0.1) is 0 Å². The Balaban J connectivity index is 2.41. The standard InChI is InChI=1S/C11H22BrN/c1-9-7-10(2)11(3)13(8-9)6-4-5-12/h9-11H,4-8H2,1-3H3. The van der Waals surface area contributed by atoms with Crippen molar-refractivity contribution in [2.45, 2.75) is 39.7 Å². The van der Waals surface area contributed by atoms with Gasteiger partial charge >= 0.3 is 0 Å². The van der Waals surface area contributed by atoms with Crippen LogP contribution in [-0.2, 0) is 0 Å². The van der Waals surface area contributed by atoms with Crippen molar-refractivity contribution in [2.75, 3.05) is 18.4 Å². The number of rotatable bonds is 3. The maximum absolute atomic E-state index is 3.50. The molecule has 0 aromatic heterocycles. The largest absolute Gasteiger partial charge is 0.300 e. The summed E-state index contributed by atoms with van der Waals surface area (Å²) in [4.78, 5) is 2.65. The van der Waals surface area contributed by atoms with Gasteiger partial charge in [-0.2, -0.15) is 0 Å². The Morgan fingerprint density at radius 2 is 2.00 bits per heavy atom. The van der Waals surface area contributed by atoms with Gasteiger partial charge in [-0.05, 0) is 38.1 Å². The summed E-state index contributed by atoms with van der Waals surface area (Å²) < 4.78 is 0. The second-order valence-corrected chi connectivity index (χ2v) is 5.39. The van der Waals surface area contributed by atoms with Crippen molar-refractivity contribution in [1.82, 2.24) is 4.90 Å². The van der Waals surface area contributed by atoms with Gasteiger partial charge in [0.25, 0.3) is 0 Å². The molecule has 3 unspecified atom stereocenters. The number of alkyl halides is 1. The summed E-state index contributed by atoms with van der Waals surface area (Å²) in [6.45, 7) is 9.72.